The van der Waals surface area contributed by atoms with Crippen molar-refractivity contribution in [1.82, 2.24) is 4.90 Å². The molecular formula is C14H18ClNO2. The van der Waals surface area contributed by atoms with Crippen LogP contribution in [0.15, 0.2) is 24.3 Å². The molecule has 1 saturated heterocycles. The number of aliphatic hydroxyl groups excluding tert-OH is 1. The fourth-order valence-electron chi connectivity index (χ4n) is 2.57. The minimum Gasteiger partial charge on any atom is -0.394 e. The highest BCUT2D eigenvalue weighted by molar-refractivity contribution is 6.30. The van der Waals surface area contributed by atoms with Crippen molar-refractivity contribution in [2.45, 2.75) is 25.8 Å². The van der Waals surface area contributed by atoms with Crippen molar-refractivity contribution in [3.05, 3.63) is 34.9 Å². The van der Waals surface area contributed by atoms with Crippen molar-refractivity contribution in [2.24, 2.45) is 5.92 Å². The summed E-state index contributed by atoms with van der Waals surface area (Å²) in [6, 6.07) is 6.89. The summed E-state index contributed by atoms with van der Waals surface area (Å²) in [7, 11) is 0. The maximum Gasteiger partial charge on any atom is 0.254 e. The number of amides is 1. The Kier molecular flexibility index (Phi) is 4.25. The Morgan fingerprint density at radius 3 is 3.00 bits per heavy atom. The van der Waals surface area contributed by atoms with Gasteiger partial charge in [0.2, 0.25) is 0 Å². The number of carbonyl (C=O) groups excluding carboxylic acids is 1. The van der Waals surface area contributed by atoms with Crippen LogP contribution in [-0.4, -0.2) is 35.1 Å². The van der Waals surface area contributed by atoms with E-state index in [0.717, 1.165) is 12.8 Å². The zero-order valence-corrected chi connectivity index (χ0v) is 11.2. The summed E-state index contributed by atoms with van der Waals surface area (Å²) in [5.74, 6) is 0.301. The Bertz CT molecular complexity index is 436. The SMILES string of the molecule is CC1CCCN(C(=O)c2cccc(Cl)c2)C1CO. The van der Waals surface area contributed by atoms with Gasteiger partial charge in [-0.15, -0.1) is 0 Å². The minimum absolute atomic E-state index is 0.0213. The maximum atomic E-state index is 12.4. The lowest BCUT2D eigenvalue weighted by molar-refractivity contribution is 0.0358. The van der Waals surface area contributed by atoms with E-state index in [1.165, 1.54) is 0 Å². The normalized spacial score (nSPS) is 24.1. The van der Waals surface area contributed by atoms with Crippen LogP contribution in [0.4, 0.5) is 0 Å². The molecule has 1 aliphatic heterocycles. The summed E-state index contributed by atoms with van der Waals surface area (Å²) in [6.07, 6.45) is 2.05. The molecule has 2 unspecified atom stereocenters. The lowest BCUT2D eigenvalue weighted by atomic mass is 9.90. The molecule has 0 aromatic heterocycles. The highest BCUT2D eigenvalue weighted by atomic mass is 35.5. The third kappa shape index (κ3) is 2.68. The molecule has 1 aromatic rings. The largest absolute Gasteiger partial charge is 0.394 e. The first-order valence-electron chi connectivity index (χ1n) is 6.31. The van der Waals surface area contributed by atoms with Gasteiger partial charge in [0.1, 0.15) is 0 Å². The van der Waals surface area contributed by atoms with Gasteiger partial charge in [0, 0.05) is 17.1 Å². The Balaban J connectivity index is 2.21. The lowest BCUT2D eigenvalue weighted by Crippen LogP contribution is -2.49. The van der Waals surface area contributed by atoms with E-state index in [1.54, 1.807) is 29.2 Å². The minimum atomic E-state index is -0.0785. The van der Waals surface area contributed by atoms with E-state index in [1.807, 2.05) is 0 Å². The predicted octanol–water partition coefficient (Wildman–Crippen LogP) is 2.57. The number of likely N-dealkylation sites (tertiary alicyclic amines) is 1. The van der Waals surface area contributed by atoms with Crippen LogP contribution >= 0.6 is 11.6 Å². The average molecular weight is 268 g/mol. The number of benzene rings is 1. The van der Waals surface area contributed by atoms with E-state index in [9.17, 15) is 9.90 Å². The van der Waals surface area contributed by atoms with Gasteiger partial charge in [0.05, 0.1) is 12.6 Å². The summed E-state index contributed by atoms with van der Waals surface area (Å²) in [5, 5.41) is 10.0. The number of carbonyl (C=O) groups is 1. The van der Waals surface area contributed by atoms with Crippen LogP contribution in [0.1, 0.15) is 30.1 Å². The second kappa shape index (κ2) is 5.72. The second-order valence-corrected chi connectivity index (χ2v) is 5.31. The molecule has 2 atom stereocenters. The van der Waals surface area contributed by atoms with Crippen LogP contribution in [0.25, 0.3) is 0 Å². The molecule has 3 nitrogen and oxygen atoms in total. The molecular weight excluding hydrogens is 250 g/mol. The first kappa shape index (κ1) is 13.4. The highest BCUT2D eigenvalue weighted by Gasteiger charge is 2.31. The van der Waals surface area contributed by atoms with Crippen LogP contribution in [0.5, 0.6) is 0 Å². The van der Waals surface area contributed by atoms with Crippen LogP contribution < -0.4 is 0 Å². The van der Waals surface area contributed by atoms with E-state index in [2.05, 4.69) is 6.92 Å². The molecule has 1 amide bonds. The summed E-state index contributed by atoms with van der Waals surface area (Å²) in [6.45, 7) is 2.81. The van der Waals surface area contributed by atoms with Crippen molar-refractivity contribution in [3.63, 3.8) is 0 Å². The lowest BCUT2D eigenvalue weighted by Gasteiger charge is -2.39. The topological polar surface area (TPSA) is 40.5 Å². The Morgan fingerprint density at radius 2 is 2.33 bits per heavy atom. The molecule has 0 bridgehead atoms. The van der Waals surface area contributed by atoms with Gasteiger partial charge in [-0.3, -0.25) is 4.79 Å². The summed E-state index contributed by atoms with van der Waals surface area (Å²) in [4.78, 5) is 14.2. The molecule has 1 N–H and O–H groups in total. The predicted molar refractivity (Wildman–Crippen MR) is 71.8 cm³/mol. The maximum absolute atomic E-state index is 12.4. The van der Waals surface area contributed by atoms with Crippen molar-refractivity contribution in [3.8, 4) is 0 Å². The van der Waals surface area contributed by atoms with E-state index in [0.29, 0.717) is 23.0 Å². The van der Waals surface area contributed by atoms with Gasteiger partial charge in [-0.05, 0) is 37.0 Å². The Hall–Kier alpha value is -1.06. The molecule has 1 aromatic carbocycles. The van der Waals surface area contributed by atoms with Crippen LogP contribution in [-0.2, 0) is 0 Å². The fourth-order valence-corrected chi connectivity index (χ4v) is 2.76. The van der Waals surface area contributed by atoms with Gasteiger partial charge in [-0.1, -0.05) is 24.6 Å². The number of piperidine rings is 1. The molecule has 0 radical (unpaired) electrons. The van der Waals surface area contributed by atoms with Crippen molar-refractivity contribution >= 4 is 17.5 Å². The monoisotopic (exact) mass is 267 g/mol. The van der Waals surface area contributed by atoms with Crippen molar-refractivity contribution in [1.29, 1.82) is 0 Å². The molecule has 0 aliphatic carbocycles. The summed E-state index contributed by atoms with van der Waals surface area (Å²) < 4.78 is 0. The molecule has 1 fully saturated rings. The number of rotatable bonds is 2. The van der Waals surface area contributed by atoms with E-state index in [-0.39, 0.29) is 18.6 Å². The standard InChI is InChI=1S/C14H18ClNO2/c1-10-4-3-7-16(13(10)9-17)14(18)11-5-2-6-12(15)8-11/h2,5-6,8,10,13,17H,3-4,7,9H2,1H3. The third-order valence-electron chi connectivity index (χ3n) is 3.64. The molecule has 18 heavy (non-hydrogen) atoms. The summed E-state index contributed by atoms with van der Waals surface area (Å²) in [5.41, 5.74) is 0.593. The zero-order valence-electron chi connectivity index (χ0n) is 10.5. The van der Waals surface area contributed by atoms with Crippen LogP contribution in [0, 0.1) is 5.92 Å². The number of hydrogen-bond donors (Lipinski definition) is 1. The fraction of sp³-hybridized carbons (Fsp3) is 0.500. The van der Waals surface area contributed by atoms with E-state index < -0.39 is 0 Å². The number of hydrogen-bond acceptors (Lipinski definition) is 2. The molecule has 1 aliphatic rings. The number of halogens is 1. The molecule has 0 spiro atoms. The smallest absolute Gasteiger partial charge is 0.254 e. The van der Waals surface area contributed by atoms with Gasteiger partial charge in [0.25, 0.3) is 5.91 Å². The van der Waals surface area contributed by atoms with E-state index in [4.69, 9.17) is 11.6 Å². The van der Waals surface area contributed by atoms with Crippen molar-refractivity contribution < 1.29 is 9.90 Å². The Morgan fingerprint density at radius 1 is 1.56 bits per heavy atom. The summed E-state index contributed by atoms with van der Waals surface area (Å²) >= 11 is 5.91. The molecule has 98 valence electrons. The van der Waals surface area contributed by atoms with Crippen LogP contribution in [0.2, 0.25) is 5.02 Å². The van der Waals surface area contributed by atoms with Crippen molar-refractivity contribution in [2.75, 3.05) is 13.2 Å². The zero-order chi connectivity index (χ0) is 13.1. The molecule has 0 saturated carbocycles. The third-order valence-corrected chi connectivity index (χ3v) is 3.87. The quantitative estimate of drug-likeness (QED) is 0.895. The first-order chi connectivity index (χ1) is 8.63. The van der Waals surface area contributed by atoms with Gasteiger partial charge < -0.3 is 10.0 Å². The highest BCUT2D eigenvalue weighted by Crippen LogP contribution is 2.25. The van der Waals surface area contributed by atoms with E-state index >= 15 is 0 Å². The molecule has 4 heteroatoms. The van der Waals surface area contributed by atoms with Crippen LogP contribution in [0.3, 0.4) is 0 Å². The Labute approximate surface area is 112 Å². The van der Waals surface area contributed by atoms with Gasteiger partial charge in [0.15, 0.2) is 0 Å². The van der Waals surface area contributed by atoms with Gasteiger partial charge in [-0.2, -0.15) is 0 Å². The van der Waals surface area contributed by atoms with Gasteiger partial charge >= 0.3 is 0 Å². The average Bonchev–Trinajstić information content (AvgIpc) is 2.37. The number of nitrogens with zero attached hydrogens (tertiary/aromatic N) is 1. The number of aliphatic hydroxyl groups is 1. The second-order valence-electron chi connectivity index (χ2n) is 4.88. The van der Waals surface area contributed by atoms with Gasteiger partial charge in [-0.25, -0.2) is 0 Å². The molecule has 1 heterocycles. The molecule has 2 rings (SSSR count). The first-order valence-corrected chi connectivity index (χ1v) is 6.68.